The number of carbonyl (C=O) groups is 1. The van der Waals surface area contributed by atoms with Crippen molar-refractivity contribution in [2.75, 3.05) is 18.5 Å². The van der Waals surface area contributed by atoms with Crippen LogP contribution in [-0.2, 0) is 11.3 Å². The average Bonchev–Trinajstić information content (AvgIpc) is 3.58. The van der Waals surface area contributed by atoms with Crippen LogP contribution in [0.4, 0.5) is 14.5 Å². The van der Waals surface area contributed by atoms with Crippen molar-refractivity contribution >= 4 is 28.8 Å². The van der Waals surface area contributed by atoms with Crippen molar-refractivity contribution in [1.29, 1.82) is 0 Å². The SMILES string of the molecule is O=C(Nc1cn(Cc2nnn(C3COC3)n2)nc1-c1cc(Cl)ccc1OC(F)F)c1cnn2cccnc12. The highest BCUT2D eigenvalue weighted by Crippen LogP contribution is 2.37. The number of amides is 1. The van der Waals surface area contributed by atoms with Gasteiger partial charge in [-0.15, -0.1) is 10.2 Å². The van der Waals surface area contributed by atoms with Gasteiger partial charge in [0.1, 0.15) is 29.6 Å². The number of ether oxygens (including phenoxy) is 2. The third-order valence-electron chi connectivity index (χ3n) is 5.67. The van der Waals surface area contributed by atoms with Crippen molar-refractivity contribution in [3.63, 3.8) is 0 Å². The van der Waals surface area contributed by atoms with Crippen molar-refractivity contribution in [3.8, 4) is 17.0 Å². The second kappa shape index (κ2) is 9.75. The summed E-state index contributed by atoms with van der Waals surface area (Å²) >= 11 is 6.17. The van der Waals surface area contributed by atoms with E-state index in [2.05, 4.69) is 35.9 Å². The minimum Gasteiger partial charge on any atom is -0.434 e. The van der Waals surface area contributed by atoms with Crippen LogP contribution in [-0.4, -0.2) is 70.3 Å². The maximum absolute atomic E-state index is 13.2. The molecule has 1 aliphatic heterocycles. The molecular weight excluding hydrogens is 526 g/mol. The molecule has 16 heteroatoms. The van der Waals surface area contributed by atoms with Crippen LogP contribution in [0.2, 0.25) is 5.02 Å². The van der Waals surface area contributed by atoms with E-state index in [4.69, 9.17) is 21.1 Å². The smallest absolute Gasteiger partial charge is 0.387 e. The number of nitrogens with one attached hydrogen (secondary N) is 1. The van der Waals surface area contributed by atoms with Gasteiger partial charge in [-0.1, -0.05) is 11.6 Å². The summed E-state index contributed by atoms with van der Waals surface area (Å²) in [4.78, 5) is 18.9. The Balaban J connectivity index is 1.37. The van der Waals surface area contributed by atoms with Crippen LogP contribution < -0.4 is 10.1 Å². The third-order valence-corrected chi connectivity index (χ3v) is 5.90. The lowest BCUT2D eigenvalue weighted by molar-refractivity contribution is -0.0494. The van der Waals surface area contributed by atoms with Gasteiger partial charge in [0.2, 0.25) is 0 Å². The van der Waals surface area contributed by atoms with Gasteiger partial charge in [0.05, 0.1) is 25.1 Å². The summed E-state index contributed by atoms with van der Waals surface area (Å²) in [7, 11) is 0. The molecular formula is C22H17ClF2N10O3. The van der Waals surface area contributed by atoms with Gasteiger partial charge in [0.25, 0.3) is 5.91 Å². The molecule has 38 heavy (non-hydrogen) atoms. The molecule has 1 fully saturated rings. The topological polar surface area (TPSA) is 139 Å². The molecule has 0 aliphatic carbocycles. The van der Waals surface area contributed by atoms with Crippen LogP contribution in [0, 0.1) is 0 Å². The Morgan fingerprint density at radius 1 is 1.29 bits per heavy atom. The molecule has 1 aromatic carbocycles. The molecule has 194 valence electrons. The summed E-state index contributed by atoms with van der Waals surface area (Å²) in [6, 6.07) is 5.82. The normalized spacial score (nSPS) is 13.7. The Morgan fingerprint density at radius 2 is 2.16 bits per heavy atom. The van der Waals surface area contributed by atoms with E-state index in [9.17, 15) is 13.6 Å². The molecule has 0 atom stereocenters. The maximum Gasteiger partial charge on any atom is 0.387 e. The summed E-state index contributed by atoms with van der Waals surface area (Å²) in [5, 5.41) is 24.1. The van der Waals surface area contributed by atoms with Gasteiger partial charge in [-0.2, -0.15) is 23.8 Å². The molecule has 5 heterocycles. The molecule has 0 bridgehead atoms. The van der Waals surface area contributed by atoms with Crippen LogP contribution in [0.3, 0.4) is 0 Å². The van der Waals surface area contributed by atoms with E-state index in [0.29, 0.717) is 24.7 Å². The van der Waals surface area contributed by atoms with E-state index in [1.165, 1.54) is 50.8 Å². The number of benzene rings is 1. The van der Waals surface area contributed by atoms with Crippen molar-refractivity contribution in [3.05, 3.63) is 65.5 Å². The Labute approximate surface area is 216 Å². The van der Waals surface area contributed by atoms with E-state index in [1.54, 1.807) is 12.3 Å². The standard InChI is InChI=1S/C22H17ClF2N10O3/c23-12-2-3-17(38-22(24)25)14(6-12)19-16(28-21(36)15-7-27-34-5-1-4-26-20(15)34)8-33(31-19)9-18-29-32-35(30-18)13-10-37-11-13/h1-8,13,22H,9-11H2,(H,28,36). The van der Waals surface area contributed by atoms with Gasteiger partial charge >= 0.3 is 6.61 Å². The number of carbonyl (C=O) groups excluding carboxylic acids is 1. The van der Waals surface area contributed by atoms with Gasteiger partial charge in [0.15, 0.2) is 11.5 Å². The van der Waals surface area contributed by atoms with Gasteiger partial charge in [-0.25, -0.2) is 9.50 Å². The molecule has 0 spiro atoms. The van der Waals surface area contributed by atoms with Gasteiger partial charge < -0.3 is 14.8 Å². The molecule has 1 aliphatic rings. The molecule has 0 saturated carbocycles. The third kappa shape index (κ3) is 4.64. The molecule has 13 nitrogen and oxygen atoms in total. The Kier molecular flexibility index (Phi) is 6.13. The minimum atomic E-state index is -3.09. The molecule has 6 rings (SSSR count). The Morgan fingerprint density at radius 3 is 2.95 bits per heavy atom. The molecule has 0 radical (unpaired) electrons. The van der Waals surface area contributed by atoms with Crippen molar-refractivity contribution in [1.82, 2.24) is 44.6 Å². The zero-order valence-corrected chi connectivity index (χ0v) is 20.0. The molecule has 0 unspecified atom stereocenters. The van der Waals surface area contributed by atoms with Crippen molar-refractivity contribution in [2.24, 2.45) is 0 Å². The second-order valence-electron chi connectivity index (χ2n) is 8.23. The van der Waals surface area contributed by atoms with Gasteiger partial charge in [-0.05, 0) is 29.5 Å². The zero-order chi connectivity index (χ0) is 26.2. The van der Waals surface area contributed by atoms with E-state index in [1.807, 2.05) is 0 Å². The lowest BCUT2D eigenvalue weighted by Gasteiger charge is -2.23. The van der Waals surface area contributed by atoms with Crippen LogP contribution in [0.15, 0.2) is 49.1 Å². The number of anilines is 1. The largest absolute Gasteiger partial charge is 0.434 e. The van der Waals surface area contributed by atoms with Gasteiger partial charge in [0, 0.05) is 29.2 Å². The zero-order valence-electron chi connectivity index (χ0n) is 19.3. The number of hydrogen-bond acceptors (Lipinski definition) is 9. The number of halogens is 3. The van der Waals surface area contributed by atoms with Crippen LogP contribution >= 0.6 is 11.6 Å². The predicted molar refractivity (Wildman–Crippen MR) is 127 cm³/mol. The fraction of sp³-hybridized carbons (Fsp3) is 0.227. The van der Waals surface area contributed by atoms with E-state index in [0.717, 1.165) is 0 Å². The number of nitrogens with zero attached hydrogens (tertiary/aromatic N) is 9. The fourth-order valence-corrected chi connectivity index (χ4v) is 4.00. The first-order valence-corrected chi connectivity index (χ1v) is 11.6. The van der Waals surface area contributed by atoms with Crippen molar-refractivity contribution < 1.29 is 23.0 Å². The monoisotopic (exact) mass is 542 g/mol. The highest BCUT2D eigenvalue weighted by atomic mass is 35.5. The lowest BCUT2D eigenvalue weighted by atomic mass is 10.1. The van der Waals surface area contributed by atoms with Crippen LogP contribution in [0.5, 0.6) is 5.75 Å². The van der Waals surface area contributed by atoms with E-state index < -0.39 is 12.5 Å². The summed E-state index contributed by atoms with van der Waals surface area (Å²) in [6.07, 6.45) is 6.08. The van der Waals surface area contributed by atoms with Crippen LogP contribution in [0.25, 0.3) is 16.9 Å². The number of alkyl halides is 2. The Hall–Kier alpha value is -4.50. The molecule has 1 N–H and O–H groups in total. The van der Waals surface area contributed by atoms with E-state index >= 15 is 0 Å². The number of rotatable bonds is 8. The first-order valence-electron chi connectivity index (χ1n) is 11.2. The van der Waals surface area contributed by atoms with Gasteiger partial charge in [-0.3, -0.25) is 9.48 Å². The number of hydrogen-bond donors (Lipinski definition) is 1. The molecule has 1 saturated heterocycles. The summed E-state index contributed by atoms with van der Waals surface area (Å²) in [5.74, 6) is -0.352. The predicted octanol–water partition coefficient (Wildman–Crippen LogP) is 2.71. The van der Waals surface area contributed by atoms with E-state index in [-0.39, 0.29) is 45.9 Å². The first-order chi connectivity index (χ1) is 18.4. The maximum atomic E-state index is 13.2. The average molecular weight is 543 g/mol. The summed E-state index contributed by atoms with van der Waals surface area (Å²) in [6.45, 7) is -2.01. The highest BCUT2D eigenvalue weighted by molar-refractivity contribution is 6.31. The highest BCUT2D eigenvalue weighted by Gasteiger charge is 2.25. The van der Waals surface area contributed by atoms with Crippen molar-refractivity contribution in [2.45, 2.75) is 19.2 Å². The summed E-state index contributed by atoms with van der Waals surface area (Å²) in [5.41, 5.74) is 1.02. The number of aromatic nitrogens is 9. The fourth-order valence-electron chi connectivity index (χ4n) is 3.83. The first kappa shape index (κ1) is 23.9. The molecule has 5 aromatic rings. The Bertz CT molecular complexity index is 1630. The lowest BCUT2D eigenvalue weighted by Crippen LogP contribution is -2.32. The molecule has 1 amide bonds. The minimum absolute atomic E-state index is 0.0132. The quantitative estimate of drug-likeness (QED) is 0.313. The molecule has 4 aromatic heterocycles. The number of fused-ring (bicyclic) bond motifs is 1. The summed E-state index contributed by atoms with van der Waals surface area (Å²) < 4.78 is 39.1. The van der Waals surface area contributed by atoms with Crippen LogP contribution in [0.1, 0.15) is 22.2 Å². The second-order valence-corrected chi connectivity index (χ2v) is 8.66. The number of tetrazole rings is 1.